The fourth-order valence-electron chi connectivity index (χ4n) is 4.01. The first-order valence-corrected chi connectivity index (χ1v) is 9.70. The van der Waals surface area contributed by atoms with Gasteiger partial charge in [-0.15, -0.1) is 0 Å². The van der Waals surface area contributed by atoms with Gasteiger partial charge in [-0.05, 0) is 36.2 Å². The maximum atomic E-state index is 13.4. The highest BCUT2D eigenvalue weighted by atomic mass is 16.2. The molecular weight excluding hydrogens is 378 g/mol. The molecule has 148 valence electrons. The van der Waals surface area contributed by atoms with Gasteiger partial charge in [-0.2, -0.15) is 0 Å². The Morgan fingerprint density at radius 2 is 1.87 bits per heavy atom. The fourth-order valence-corrected chi connectivity index (χ4v) is 4.01. The second kappa shape index (κ2) is 7.11. The predicted molar refractivity (Wildman–Crippen MR) is 114 cm³/mol. The summed E-state index contributed by atoms with van der Waals surface area (Å²) in [6, 6.07) is 16.6. The molecule has 7 nitrogen and oxygen atoms in total. The van der Waals surface area contributed by atoms with E-state index in [0.29, 0.717) is 29.9 Å². The number of anilines is 2. The van der Waals surface area contributed by atoms with E-state index in [2.05, 4.69) is 10.3 Å². The van der Waals surface area contributed by atoms with Crippen molar-refractivity contribution >= 4 is 28.9 Å². The first-order valence-electron chi connectivity index (χ1n) is 9.70. The summed E-state index contributed by atoms with van der Waals surface area (Å²) in [5.74, 6) is -0.634. The molecule has 2 aromatic carbocycles. The summed E-state index contributed by atoms with van der Waals surface area (Å²) in [6.07, 6.45) is 2.74. The molecule has 3 aromatic rings. The Bertz CT molecular complexity index is 1170. The lowest BCUT2D eigenvalue weighted by molar-refractivity contribution is -0.120. The van der Waals surface area contributed by atoms with Crippen LogP contribution in [0.25, 0.3) is 0 Å². The number of nitrogens with zero attached hydrogens (tertiary/aromatic N) is 3. The Labute approximate surface area is 173 Å². The lowest BCUT2D eigenvalue weighted by atomic mass is 9.97. The number of hydrogen-bond donors (Lipinski definition) is 2. The number of nitrogens with one attached hydrogen (secondary N) is 1. The Balaban J connectivity index is 1.64. The maximum Gasteiger partial charge on any atom is 0.272 e. The van der Waals surface area contributed by atoms with Gasteiger partial charge in [0.15, 0.2) is 0 Å². The molecule has 0 fully saturated rings. The van der Waals surface area contributed by atoms with Crippen LogP contribution < -0.4 is 16.0 Å². The van der Waals surface area contributed by atoms with Gasteiger partial charge >= 0.3 is 0 Å². The van der Waals surface area contributed by atoms with Crippen molar-refractivity contribution in [1.82, 2.24) is 10.3 Å². The summed E-state index contributed by atoms with van der Waals surface area (Å²) in [5.41, 5.74) is 11.4. The zero-order valence-electron chi connectivity index (χ0n) is 16.1. The molecule has 3 N–H and O–H groups in total. The molecule has 0 aliphatic carbocycles. The SMILES string of the molecule is Nc1cc2c3c(c1)C(c1ccccc1)=NC(NC(=O)c1ccncc1)C(=O)N3CC2. The zero-order chi connectivity index (χ0) is 20.7. The number of nitrogens with two attached hydrogens (primary N) is 1. The molecule has 5 rings (SSSR count). The average molecular weight is 397 g/mol. The van der Waals surface area contributed by atoms with Crippen LogP contribution in [0.15, 0.2) is 72.0 Å². The van der Waals surface area contributed by atoms with Crippen LogP contribution in [0, 0.1) is 0 Å². The topological polar surface area (TPSA) is 101 Å². The number of nitrogen functional groups attached to an aromatic ring is 1. The number of amides is 2. The van der Waals surface area contributed by atoms with E-state index in [1.807, 2.05) is 42.5 Å². The second-order valence-corrected chi connectivity index (χ2v) is 7.27. The fraction of sp³-hybridized carbons (Fsp3) is 0.130. The lowest BCUT2D eigenvalue weighted by Gasteiger charge is -2.21. The largest absolute Gasteiger partial charge is 0.399 e. The van der Waals surface area contributed by atoms with E-state index < -0.39 is 6.17 Å². The first kappa shape index (κ1) is 18.1. The van der Waals surface area contributed by atoms with E-state index in [-0.39, 0.29) is 11.8 Å². The van der Waals surface area contributed by atoms with Gasteiger partial charge in [-0.1, -0.05) is 30.3 Å². The van der Waals surface area contributed by atoms with E-state index in [4.69, 9.17) is 10.7 Å². The van der Waals surface area contributed by atoms with Crippen LogP contribution in [-0.2, 0) is 11.2 Å². The highest BCUT2D eigenvalue weighted by molar-refractivity contribution is 6.21. The molecule has 0 spiro atoms. The number of carbonyl (C=O) groups is 2. The van der Waals surface area contributed by atoms with Gasteiger partial charge in [0.05, 0.1) is 11.4 Å². The monoisotopic (exact) mass is 397 g/mol. The van der Waals surface area contributed by atoms with E-state index in [1.165, 1.54) is 12.4 Å². The van der Waals surface area contributed by atoms with Crippen molar-refractivity contribution < 1.29 is 9.59 Å². The number of pyridine rings is 1. The number of carbonyl (C=O) groups excluding carboxylic acids is 2. The maximum absolute atomic E-state index is 13.4. The van der Waals surface area contributed by atoms with Crippen LogP contribution in [0.2, 0.25) is 0 Å². The van der Waals surface area contributed by atoms with Gasteiger partial charge in [0.2, 0.25) is 6.17 Å². The average Bonchev–Trinajstić information content (AvgIpc) is 3.16. The van der Waals surface area contributed by atoms with Crippen LogP contribution in [0.4, 0.5) is 11.4 Å². The van der Waals surface area contributed by atoms with Gasteiger partial charge in [-0.25, -0.2) is 4.99 Å². The number of benzene rings is 2. The quantitative estimate of drug-likeness (QED) is 0.662. The third-order valence-electron chi connectivity index (χ3n) is 5.36. The third-order valence-corrected chi connectivity index (χ3v) is 5.36. The standard InChI is InChI=1S/C23H19N5O2/c24-17-12-16-8-11-28-20(16)18(13-17)19(14-4-2-1-3-5-14)26-21(23(28)30)27-22(29)15-6-9-25-10-7-15/h1-7,9-10,12-13,21H,8,11,24H2,(H,27,29). The molecule has 0 bridgehead atoms. The van der Waals surface area contributed by atoms with Gasteiger partial charge in [-0.3, -0.25) is 14.6 Å². The third kappa shape index (κ3) is 3.00. The molecule has 30 heavy (non-hydrogen) atoms. The minimum Gasteiger partial charge on any atom is -0.399 e. The molecule has 1 aromatic heterocycles. The summed E-state index contributed by atoms with van der Waals surface area (Å²) < 4.78 is 0. The van der Waals surface area contributed by atoms with Crippen LogP contribution in [0.5, 0.6) is 0 Å². The molecule has 1 unspecified atom stereocenters. The Morgan fingerprint density at radius 1 is 1.10 bits per heavy atom. The molecule has 0 saturated carbocycles. The van der Waals surface area contributed by atoms with Crippen molar-refractivity contribution in [3.8, 4) is 0 Å². The van der Waals surface area contributed by atoms with Gasteiger partial charge < -0.3 is 16.0 Å². The number of aliphatic imine (C=N–C) groups is 1. The van der Waals surface area contributed by atoms with Crippen LogP contribution in [-0.4, -0.2) is 35.2 Å². The van der Waals surface area contributed by atoms with E-state index in [9.17, 15) is 9.59 Å². The minimum atomic E-state index is -1.04. The molecule has 0 saturated heterocycles. The smallest absolute Gasteiger partial charge is 0.272 e. The lowest BCUT2D eigenvalue weighted by Crippen LogP contribution is -2.46. The van der Waals surface area contributed by atoms with Crippen molar-refractivity contribution in [2.24, 2.45) is 4.99 Å². The van der Waals surface area contributed by atoms with Gasteiger partial charge in [0.1, 0.15) is 0 Å². The van der Waals surface area contributed by atoms with Crippen molar-refractivity contribution in [1.29, 1.82) is 0 Å². The minimum absolute atomic E-state index is 0.256. The normalized spacial score (nSPS) is 17.2. The highest BCUT2D eigenvalue weighted by Gasteiger charge is 2.37. The van der Waals surface area contributed by atoms with Crippen LogP contribution in [0.3, 0.4) is 0 Å². The summed E-state index contributed by atoms with van der Waals surface area (Å²) in [5, 5.41) is 2.78. The Kier molecular flexibility index (Phi) is 4.28. The summed E-state index contributed by atoms with van der Waals surface area (Å²) in [4.78, 5) is 36.5. The van der Waals surface area contributed by atoms with E-state index in [0.717, 1.165) is 22.4 Å². The number of hydrogen-bond acceptors (Lipinski definition) is 5. The number of rotatable bonds is 3. The molecule has 2 aliphatic rings. The van der Waals surface area contributed by atoms with Crippen molar-refractivity contribution in [3.05, 3.63) is 89.2 Å². The van der Waals surface area contributed by atoms with E-state index >= 15 is 0 Å². The molecule has 2 aliphatic heterocycles. The summed E-state index contributed by atoms with van der Waals surface area (Å²) in [7, 11) is 0. The van der Waals surface area contributed by atoms with Crippen molar-refractivity contribution in [2.45, 2.75) is 12.6 Å². The Morgan fingerprint density at radius 3 is 2.63 bits per heavy atom. The molecular formula is C23H19N5O2. The molecule has 7 heteroatoms. The molecule has 1 atom stereocenters. The summed E-state index contributed by atoms with van der Waals surface area (Å²) in [6.45, 7) is 0.532. The summed E-state index contributed by atoms with van der Waals surface area (Å²) >= 11 is 0. The molecule has 3 heterocycles. The highest BCUT2D eigenvalue weighted by Crippen LogP contribution is 2.37. The first-order chi connectivity index (χ1) is 14.6. The Hall–Kier alpha value is -4.00. The molecule has 0 radical (unpaired) electrons. The van der Waals surface area contributed by atoms with Crippen molar-refractivity contribution in [3.63, 3.8) is 0 Å². The molecule has 2 amide bonds. The number of aromatic nitrogens is 1. The van der Waals surface area contributed by atoms with Gasteiger partial charge in [0, 0.05) is 41.3 Å². The zero-order valence-corrected chi connectivity index (χ0v) is 16.1. The predicted octanol–water partition coefficient (Wildman–Crippen LogP) is 2.16. The second-order valence-electron chi connectivity index (χ2n) is 7.27. The van der Waals surface area contributed by atoms with Crippen LogP contribution >= 0.6 is 0 Å². The van der Waals surface area contributed by atoms with Crippen LogP contribution in [0.1, 0.15) is 27.0 Å². The van der Waals surface area contributed by atoms with Crippen molar-refractivity contribution in [2.75, 3.05) is 17.2 Å². The van der Waals surface area contributed by atoms with Gasteiger partial charge in [0.25, 0.3) is 11.8 Å². The van der Waals surface area contributed by atoms with E-state index in [1.54, 1.807) is 17.0 Å².